The standard InChI is InChI=1S/C12H13NO3/c1-3-15-11-6-4-10(5-7-11)13-12(14)8-9(2)16-13/h4-8H,3H2,1-2H3. The number of benzene rings is 1. The Morgan fingerprint density at radius 3 is 2.50 bits per heavy atom. The molecule has 1 heterocycles. The molecule has 4 nitrogen and oxygen atoms in total. The number of nitrogens with zero attached hydrogens (tertiary/aromatic N) is 1. The van der Waals surface area contributed by atoms with Crippen LogP contribution in [0.4, 0.5) is 0 Å². The van der Waals surface area contributed by atoms with Gasteiger partial charge in [0.25, 0.3) is 5.56 Å². The van der Waals surface area contributed by atoms with Crippen LogP contribution in [0.2, 0.25) is 0 Å². The summed E-state index contributed by atoms with van der Waals surface area (Å²) in [6, 6.07) is 8.65. The van der Waals surface area contributed by atoms with E-state index in [1.807, 2.05) is 19.1 Å². The molecule has 0 aliphatic carbocycles. The molecule has 84 valence electrons. The molecule has 0 amide bonds. The zero-order valence-electron chi connectivity index (χ0n) is 9.27. The van der Waals surface area contributed by atoms with E-state index >= 15 is 0 Å². The Morgan fingerprint density at radius 1 is 1.31 bits per heavy atom. The minimum absolute atomic E-state index is 0.165. The molecule has 16 heavy (non-hydrogen) atoms. The average molecular weight is 219 g/mol. The lowest BCUT2D eigenvalue weighted by Crippen LogP contribution is -2.10. The van der Waals surface area contributed by atoms with Crippen LogP contribution in [-0.2, 0) is 0 Å². The van der Waals surface area contributed by atoms with Gasteiger partial charge in [-0.15, -0.1) is 4.74 Å². The average Bonchev–Trinajstić information content (AvgIpc) is 2.59. The smallest absolute Gasteiger partial charge is 0.287 e. The van der Waals surface area contributed by atoms with Gasteiger partial charge in [0.2, 0.25) is 0 Å². The maximum absolute atomic E-state index is 11.5. The topological polar surface area (TPSA) is 44.4 Å². The van der Waals surface area contributed by atoms with Gasteiger partial charge in [0.1, 0.15) is 11.5 Å². The molecule has 0 unspecified atom stereocenters. The van der Waals surface area contributed by atoms with Crippen LogP contribution < -0.4 is 10.3 Å². The first kappa shape index (κ1) is 10.5. The number of rotatable bonds is 3. The molecule has 0 spiro atoms. The van der Waals surface area contributed by atoms with Crippen molar-refractivity contribution in [1.82, 2.24) is 4.74 Å². The second-order valence-electron chi connectivity index (χ2n) is 3.41. The summed E-state index contributed by atoms with van der Waals surface area (Å²) in [6.07, 6.45) is 0. The van der Waals surface area contributed by atoms with E-state index in [9.17, 15) is 4.79 Å². The van der Waals surface area contributed by atoms with Crippen molar-refractivity contribution in [2.75, 3.05) is 6.61 Å². The van der Waals surface area contributed by atoms with E-state index < -0.39 is 0 Å². The van der Waals surface area contributed by atoms with E-state index in [-0.39, 0.29) is 5.56 Å². The number of ether oxygens (including phenoxy) is 1. The SMILES string of the molecule is CCOc1ccc(-n2oc(C)cc2=O)cc1. The zero-order chi connectivity index (χ0) is 11.5. The van der Waals surface area contributed by atoms with Gasteiger partial charge in [0, 0.05) is 6.07 Å². The lowest BCUT2D eigenvalue weighted by molar-refractivity contribution is 0.321. The van der Waals surface area contributed by atoms with Crippen molar-refractivity contribution in [3.05, 3.63) is 46.4 Å². The van der Waals surface area contributed by atoms with E-state index in [1.54, 1.807) is 19.1 Å². The zero-order valence-corrected chi connectivity index (χ0v) is 9.27. The largest absolute Gasteiger partial charge is 0.494 e. The fourth-order valence-corrected chi connectivity index (χ4v) is 1.47. The van der Waals surface area contributed by atoms with Gasteiger partial charge in [0.05, 0.1) is 12.3 Å². The van der Waals surface area contributed by atoms with Gasteiger partial charge >= 0.3 is 0 Å². The van der Waals surface area contributed by atoms with Gasteiger partial charge < -0.3 is 9.26 Å². The third-order valence-electron chi connectivity index (χ3n) is 2.14. The normalized spacial score (nSPS) is 10.4. The summed E-state index contributed by atoms with van der Waals surface area (Å²) in [5.74, 6) is 1.38. The van der Waals surface area contributed by atoms with Crippen LogP contribution in [-0.4, -0.2) is 11.3 Å². The minimum Gasteiger partial charge on any atom is -0.494 e. The number of aromatic nitrogens is 1. The highest BCUT2D eigenvalue weighted by Gasteiger charge is 2.04. The van der Waals surface area contributed by atoms with Gasteiger partial charge in [-0.1, -0.05) is 0 Å². The molecular formula is C12H13NO3. The predicted octanol–water partition coefficient (Wildman–Crippen LogP) is 2.14. The molecule has 0 bridgehead atoms. The summed E-state index contributed by atoms with van der Waals surface area (Å²) in [7, 11) is 0. The highest BCUT2D eigenvalue weighted by atomic mass is 16.5. The third kappa shape index (κ3) is 2.00. The third-order valence-corrected chi connectivity index (χ3v) is 2.14. The number of aryl methyl sites for hydroxylation is 1. The Morgan fingerprint density at radius 2 is 2.00 bits per heavy atom. The van der Waals surface area contributed by atoms with Gasteiger partial charge in [-0.3, -0.25) is 4.79 Å². The second-order valence-corrected chi connectivity index (χ2v) is 3.41. The summed E-state index contributed by atoms with van der Waals surface area (Å²) in [4.78, 5) is 11.5. The second kappa shape index (κ2) is 4.26. The first-order valence-corrected chi connectivity index (χ1v) is 5.14. The molecule has 0 saturated heterocycles. The minimum atomic E-state index is -0.165. The van der Waals surface area contributed by atoms with Crippen molar-refractivity contribution in [2.45, 2.75) is 13.8 Å². The van der Waals surface area contributed by atoms with Gasteiger partial charge in [-0.2, -0.15) is 0 Å². The Bertz CT molecular complexity index is 522. The van der Waals surface area contributed by atoms with Crippen molar-refractivity contribution in [1.29, 1.82) is 0 Å². The molecule has 1 aromatic heterocycles. The van der Waals surface area contributed by atoms with Gasteiger partial charge in [0.15, 0.2) is 0 Å². The maximum Gasteiger partial charge on any atom is 0.287 e. The van der Waals surface area contributed by atoms with Gasteiger partial charge in [-0.25, -0.2) is 0 Å². The van der Waals surface area contributed by atoms with Crippen molar-refractivity contribution >= 4 is 0 Å². The Kier molecular flexibility index (Phi) is 2.81. The van der Waals surface area contributed by atoms with Crippen LogP contribution in [0.3, 0.4) is 0 Å². The molecule has 2 rings (SSSR count). The van der Waals surface area contributed by atoms with Crippen LogP contribution in [0.15, 0.2) is 39.6 Å². The quantitative estimate of drug-likeness (QED) is 0.794. The number of hydrogen-bond acceptors (Lipinski definition) is 3. The summed E-state index contributed by atoms with van der Waals surface area (Å²) in [5.41, 5.74) is 0.531. The molecule has 0 aliphatic rings. The first-order valence-electron chi connectivity index (χ1n) is 5.14. The summed E-state index contributed by atoms with van der Waals surface area (Å²) in [6.45, 7) is 4.29. The van der Waals surface area contributed by atoms with Crippen LogP contribution in [0.25, 0.3) is 5.69 Å². The van der Waals surface area contributed by atoms with Crippen LogP contribution in [0.5, 0.6) is 5.75 Å². The van der Waals surface area contributed by atoms with Crippen LogP contribution in [0, 0.1) is 6.92 Å². The maximum atomic E-state index is 11.5. The Hall–Kier alpha value is -1.97. The first-order chi connectivity index (χ1) is 7.70. The van der Waals surface area contributed by atoms with E-state index in [1.165, 1.54) is 10.8 Å². The van der Waals surface area contributed by atoms with Crippen molar-refractivity contribution in [3.63, 3.8) is 0 Å². The van der Waals surface area contributed by atoms with E-state index in [4.69, 9.17) is 9.26 Å². The molecule has 0 N–H and O–H groups in total. The van der Waals surface area contributed by atoms with Gasteiger partial charge in [-0.05, 0) is 38.1 Å². The van der Waals surface area contributed by atoms with E-state index in [0.29, 0.717) is 18.1 Å². The molecular weight excluding hydrogens is 206 g/mol. The highest BCUT2D eigenvalue weighted by molar-refractivity contribution is 5.36. The molecule has 4 heteroatoms. The summed E-state index contributed by atoms with van der Waals surface area (Å²) in [5, 5.41) is 0. The lowest BCUT2D eigenvalue weighted by Gasteiger charge is -2.04. The number of hydrogen-bond donors (Lipinski definition) is 0. The van der Waals surface area contributed by atoms with Crippen molar-refractivity contribution in [3.8, 4) is 11.4 Å². The molecule has 0 radical (unpaired) electrons. The van der Waals surface area contributed by atoms with Crippen molar-refractivity contribution < 1.29 is 9.26 Å². The summed E-state index contributed by atoms with van der Waals surface area (Å²) >= 11 is 0. The Labute approximate surface area is 93.0 Å². The molecule has 2 aromatic rings. The fourth-order valence-electron chi connectivity index (χ4n) is 1.47. The fraction of sp³-hybridized carbons (Fsp3) is 0.250. The molecule has 0 fully saturated rings. The monoisotopic (exact) mass is 219 g/mol. The lowest BCUT2D eigenvalue weighted by atomic mass is 10.3. The molecule has 0 saturated carbocycles. The molecule has 1 aromatic carbocycles. The predicted molar refractivity (Wildman–Crippen MR) is 60.2 cm³/mol. The Balaban J connectivity index is 2.34. The van der Waals surface area contributed by atoms with Crippen molar-refractivity contribution in [2.24, 2.45) is 0 Å². The molecule has 0 atom stereocenters. The highest BCUT2D eigenvalue weighted by Crippen LogP contribution is 2.14. The molecule has 0 aliphatic heterocycles. The summed E-state index contributed by atoms with van der Waals surface area (Å²) < 4.78 is 11.8. The van der Waals surface area contributed by atoms with Crippen LogP contribution >= 0.6 is 0 Å². The van der Waals surface area contributed by atoms with E-state index in [0.717, 1.165) is 5.75 Å². The van der Waals surface area contributed by atoms with Crippen LogP contribution in [0.1, 0.15) is 12.7 Å². The van der Waals surface area contributed by atoms with E-state index in [2.05, 4.69) is 0 Å².